The summed E-state index contributed by atoms with van der Waals surface area (Å²) < 4.78 is 19.5. The summed E-state index contributed by atoms with van der Waals surface area (Å²) in [4.78, 5) is 40.9. The number of hydrogen-bond acceptors (Lipinski definition) is 8. The van der Waals surface area contributed by atoms with Gasteiger partial charge in [0.15, 0.2) is 0 Å². The van der Waals surface area contributed by atoms with Gasteiger partial charge in [-0.1, -0.05) is 32.0 Å². The Balaban J connectivity index is 0.000000352. The van der Waals surface area contributed by atoms with Crippen LogP contribution in [0.25, 0.3) is 20.5 Å². The van der Waals surface area contributed by atoms with E-state index < -0.39 is 11.5 Å². The quantitative estimate of drug-likeness (QED) is 0.196. The van der Waals surface area contributed by atoms with Crippen molar-refractivity contribution in [3.63, 3.8) is 0 Å². The molecule has 5 heterocycles. The molecule has 46 heavy (non-hydrogen) atoms. The van der Waals surface area contributed by atoms with E-state index >= 15 is 0 Å². The molecule has 0 unspecified atom stereocenters. The van der Waals surface area contributed by atoms with Crippen LogP contribution >= 0.6 is 11.3 Å². The number of halogens is 1. The second-order valence-electron chi connectivity index (χ2n) is 12.4. The Labute approximate surface area is 271 Å². The fourth-order valence-electron chi connectivity index (χ4n) is 6.35. The molecular weight excluding hydrogens is 601 g/mol. The van der Waals surface area contributed by atoms with Gasteiger partial charge in [0.2, 0.25) is 0 Å². The first-order valence-electron chi connectivity index (χ1n) is 15.4. The van der Waals surface area contributed by atoms with E-state index in [0.29, 0.717) is 46.1 Å². The fraction of sp³-hybridized carbons (Fsp3) is 0.306. The van der Waals surface area contributed by atoms with E-state index in [9.17, 15) is 14.0 Å². The molecule has 3 N–H and O–H groups in total. The maximum Gasteiger partial charge on any atom is 0.340 e. The number of amides is 1. The van der Waals surface area contributed by atoms with Crippen molar-refractivity contribution in [3.05, 3.63) is 106 Å². The van der Waals surface area contributed by atoms with Crippen LogP contribution in [0.4, 0.5) is 10.2 Å². The van der Waals surface area contributed by atoms with Crippen LogP contribution in [0.3, 0.4) is 0 Å². The Bertz CT molecular complexity index is 1930. The lowest BCUT2D eigenvalue weighted by atomic mass is 9.86. The summed E-state index contributed by atoms with van der Waals surface area (Å²) in [5.74, 6) is -0.633. The van der Waals surface area contributed by atoms with Gasteiger partial charge in [-0.2, -0.15) is 0 Å². The number of ether oxygens (including phenoxy) is 1. The number of nitrogens with zero attached hydrogens (tertiary/aromatic N) is 3. The largest absolute Gasteiger partial charge is 0.465 e. The molecular formula is C36H36FN5O3S. The summed E-state index contributed by atoms with van der Waals surface area (Å²) in [6.45, 7) is 5.99. The van der Waals surface area contributed by atoms with Gasteiger partial charge < -0.3 is 15.8 Å². The van der Waals surface area contributed by atoms with Crippen molar-refractivity contribution in [1.82, 2.24) is 20.3 Å². The normalized spacial score (nSPS) is 16.5. The molecule has 236 valence electrons. The molecule has 7 rings (SSSR count). The lowest BCUT2D eigenvalue weighted by molar-refractivity contribution is 0.0599. The average molecular weight is 638 g/mol. The van der Waals surface area contributed by atoms with Crippen LogP contribution in [0, 0.1) is 11.7 Å². The number of pyridine rings is 3. The van der Waals surface area contributed by atoms with Crippen LogP contribution in [0.5, 0.6) is 0 Å². The van der Waals surface area contributed by atoms with Crippen LogP contribution in [0.2, 0.25) is 0 Å². The molecule has 1 amide bonds. The number of benzene rings is 1. The van der Waals surface area contributed by atoms with Gasteiger partial charge in [0.1, 0.15) is 11.6 Å². The lowest BCUT2D eigenvalue weighted by Gasteiger charge is -2.26. The van der Waals surface area contributed by atoms with Crippen molar-refractivity contribution < 1.29 is 18.7 Å². The fourth-order valence-corrected chi connectivity index (χ4v) is 7.46. The molecule has 0 radical (unpaired) electrons. The second kappa shape index (κ2) is 12.6. The third kappa shape index (κ3) is 5.97. The number of nitrogens with one attached hydrogen (secondary N) is 1. The third-order valence-electron chi connectivity index (χ3n) is 8.43. The molecule has 8 nitrogen and oxygen atoms in total. The number of methoxy groups -OCH3 is 1. The molecule has 0 saturated heterocycles. The highest BCUT2D eigenvalue weighted by atomic mass is 32.1. The second-order valence-corrected chi connectivity index (χ2v) is 13.5. The predicted octanol–water partition coefficient (Wildman–Crippen LogP) is 6.84. The molecule has 0 bridgehead atoms. The first-order valence-corrected chi connectivity index (χ1v) is 16.2. The molecule has 1 aliphatic heterocycles. The third-order valence-corrected chi connectivity index (χ3v) is 9.62. The van der Waals surface area contributed by atoms with Crippen LogP contribution in [0.15, 0.2) is 60.9 Å². The highest BCUT2D eigenvalue weighted by molar-refractivity contribution is 7.22. The Morgan fingerprint density at radius 2 is 1.89 bits per heavy atom. The first-order chi connectivity index (χ1) is 22.1. The van der Waals surface area contributed by atoms with Crippen molar-refractivity contribution in [2.24, 2.45) is 5.92 Å². The van der Waals surface area contributed by atoms with Crippen LogP contribution in [-0.4, -0.2) is 33.9 Å². The van der Waals surface area contributed by atoms with Gasteiger partial charge >= 0.3 is 5.97 Å². The Kier molecular flexibility index (Phi) is 8.57. The van der Waals surface area contributed by atoms with Gasteiger partial charge in [-0.25, -0.2) is 14.2 Å². The predicted molar refractivity (Wildman–Crippen MR) is 178 cm³/mol. The Morgan fingerprint density at radius 3 is 2.59 bits per heavy atom. The van der Waals surface area contributed by atoms with E-state index in [-0.39, 0.29) is 23.2 Å². The minimum Gasteiger partial charge on any atom is -0.465 e. The number of thiophene rings is 1. The SMILES string of the molecule is COC(=O)c1c(CC(C)C)nc2c(c1-c1cc3ccnc(N)c3s1)C(=O)N[C@@]2(C)Cc1ccc(F)cc1.c1cnc2c(c1)CCC2. The number of esters is 1. The number of nitrogen functional groups attached to an aromatic ring is 1. The molecule has 10 heteroatoms. The maximum absolute atomic E-state index is 13.6. The Hall–Kier alpha value is -4.70. The van der Waals surface area contributed by atoms with Crippen molar-refractivity contribution in [2.45, 2.75) is 58.4 Å². The van der Waals surface area contributed by atoms with E-state index in [4.69, 9.17) is 15.5 Å². The maximum atomic E-state index is 13.6. The van der Waals surface area contributed by atoms with Crippen molar-refractivity contribution in [1.29, 1.82) is 0 Å². The monoisotopic (exact) mass is 637 g/mol. The minimum absolute atomic E-state index is 0.192. The van der Waals surface area contributed by atoms with Crippen LogP contribution < -0.4 is 11.1 Å². The molecule has 0 fully saturated rings. The van der Waals surface area contributed by atoms with E-state index in [0.717, 1.165) is 15.6 Å². The molecule has 1 aromatic carbocycles. The summed E-state index contributed by atoms with van der Waals surface area (Å²) in [5, 5.41) is 3.97. The summed E-state index contributed by atoms with van der Waals surface area (Å²) >= 11 is 1.38. The zero-order valence-corrected chi connectivity index (χ0v) is 27.1. The number of anilines is 1. The topological polar surface area (TPSA) is 120 Å². The zero-order valence-electron chi connectivity index (χ0n) is 26.3. The number of carbonyl (C=O) groups is 2. The average Bonchev–Trinajstić information content (AvgIpc) is 3.74. The number of aryl methyl sites for hydroxylation is 2. The van der Waals surface area contributed by atoms with Crippen molar-refractivity contribution >= 4 is 39.1 Å². The van der Waals surface area contributed by atoms with Crippen LogP contribution in [-0.2, 0) is 36.0 Å². The number of aromatic nitrogens is 3. The van der Waals surface area contributed by atoms with Gasteiger partial charge in [-0.15, -0.1) is 11.3 Å². The van der Waals surface area contributed by atoms with E-state index in [1.807, 2.05) is 45.2 Å². The van der Waals surface area contributed by atoms with Gasteiger partial charge in [0.25, 0.3) is 5.91 Å². The molecule has 5 aromatic rings. The molecule has 2 aliphatic rings. The summed E-state index contributed by atoms with van der Waals surface area (Å²) in [5.41, 5.74) is 11.1. The van der Waals surface area contributed by atoms with Gasteiger partial charge in [0, 0.05) is 34.9 Å². The molecule has 1 atom stereocenters. The summed E-state index contributed by atoms with van der Waals surface area (Å²) in [6, 6.07) is 14.2. The number of rotatable bonds is 6. The molecule has 4 aromatic heterocycles. The summed E-state index contributed by atoms with van der Waals surface area (Å²) in [7, 11) is 1.32. The zero-order chi connectivity index (χ0) is 32.6. The number of carbonyl (C=O) groups excluding carboxylic acids is 2. The van der Waals surface area contributed by atoms with Crippen molar-refractivity contribution in [2.75, 3.05) is 12.8 Å². The molecule has 1 aliphatic carbocycles. The standard InChI is InChI=1S/C28H27FN4O3S.C8H9N/c1-14(2)11-18-20(27(35)36-4)21(19-12-16-9-10-31-25(30)23(16)37-19)22-24(32-18)28(3,33-26(22)34)13-15-5-7-17(29)8-6-15;1-3-7-4-2-6-9-8(7)5-1/h5-10,12,14H,11,13H2,1-4H3,(H2,30,31)(H,33,34);2,4,6H,1,3,5H2/t28-;/m0./s1. The number of nitrogens with two attached hydrogens (primary N) is 1. The first kappa shape index (κ1) is 31.3. The minimum atomic E-state index is -0.864. The summed E-state index contributed by atoms with van der Waals surface area (Å²) in [6.07, 6.45) is 8.15. The highest BCUT2D eigenvalue weighted by Crippen LogP contribution is 2.45. The number of fused-ring (bicyclic) bond motifs is 3. The van der Waals surface area contributed by atoms with Gasteiger partial charge in [-0.3, -0.25) is 14.8 Å². The van der Waals surface area contributed by atoms with Crippen LogP contribution in [0.1, 0.15) is 76.1 Å². The van der Waals surface area contributed by atoms with E-state index in [1.54, 1.807) is 18.3 Å². The highest BCUT2D eigenvalue weighted by Gasteiger charge is 2.45. The van der Waals surface area contributed by atoms with Gasteiger partial charge in [-0.05, 0) is 85.4 Å². The van der Waals surface area contributed by atoms with E-state index in [2.05, 4.69) is 21.4 Å². The lowest BCUT2D eigenvalue weighted by Crippen LogP contribution is -2.39. The van der Waals surface area contributed by atoms with Crippen molar-refractivity contribution in [3.8, 4) is 10.4 Å². The molecule has 0 saturated carbocycles. The van der Waals surface area contributed by atoms with E-state index in [1.165, 1.54) is 61.1 Å². The Morgan fingerprint density at radius 1 is 1.11 bits per heavy atom. The smallest absolute Gasteiger partial charge is 0.340 e. The number of hydrogen-bond donors (Lipinski definition) is 2. The van der Waals surface area contributed by atoms with Gasteiger partial charge in [0.05, 0.1) is 39.9 Å². The molecule has 0 spiro atoms.